The van der Waals surface area contributed by atoms with E-state index >= 15 is 0 Å². The summed E-state index contributed by atoms with van der Waals surface area (Å²) in [4.78, 5) is 32.3. The van der Waals surface area contributed by atoms with Gasteiger partial charge in [-0.05, 0) is 12.8 Å². The number of amides is 2. The maximum atomic E-state index is 13.0. The topological polar surface area (TPSA) is 53.0 Å². The van der Waals surface area contributed by atoms with E-state index in [-0.39, 0.29) is 24.7 Å². The number of rotatable bonds is 4. The van der Waals surface area contributed by atoms with Crippen LogP contribution in [-0.4, -0.2) is 60.1 Å². The van der Waals surface area contributed by atoms with Crippen LogP contribution >= 0.6 is 0 Å². The van der Waals surface area contributed by atoms with Crippen molar-refractivity contribution in [2.24, 2.45) is 10.9 Å². The van der Waals surface area contributed by atoms with Crippen molar-refractivity contribution in [1.82, 2.24) is 9.80 Å². The van der Waals surface area contributed by atoms with Gasteiger partial charge in [0.1, 0.15) is 5.84 Å². The molecule has 5 nitrogen and oxygen atoms in total. The van der Waals surface area contributed by atoms with Gasteiger partial charge in [-0.1, -0.05) is 13.3 Å². The summed E-state index contributed by atoms with van der Waals surface area (Å²) in [7, 11) is 1.75. The molecule has 0 radical (unpaired) electrons. The Morgan fingerprint density at radius 3 is 2.67 bits per heavy atom. The fraction of sp³-hybridized carbons (Fsp3) is 0.824. The normalized spacial score (nSPS) is 22.8. The highest BCUT2D eigenvalue weighted by Crippen LogP contribution is 2.43. The first-order valence-corrected chi connectivity index (χ1v) is 8.80. The van der Waals surface area contributed by atoms with Gasteiger partial charge in [0.25, 0.3) is 0 Å². The van der Waals surface area contributed by atoms with Crippen LogP contribution in [0.25, 0.3) is 0 Å². The molecule has 0 aromatic rings. The number of alkyl halides is 2. The van der Waals surface area contributed by atoms with Gasteiger partial charge >= 0.3 is 0 Å². The minimum Gasteiger partial charge on any atom is -0.341 e. The average Bonchev–Trinajstić information content (AvgIpc) is 2.52. The number of unbranched alkanes of at least 4 members (excludes halogenated alkanes) is 1. The highest BCUT2D eigenvalue weighted by atomic mass is 19.3. The number of carbonyl (C=O) groups is 2. The van der Waals surface area contributed by atoms with Gasteiger partial charge in [0, 0.05) is 51.7 Å². The molecule has 0 aromatic carbocycles. The molecule has 0 aromatic heterocycles. The first kappa shape index (κ1) is 18.8. The van der Waals surface area contributed by atoms with E-state index in [2.05, 4.69) is 11.9 Å². The monoisotopic (exact) mass is 343 g/mol. The third-order valence-corrected chi connectivity index (χ3v) is 4.75. The van der Waals surface area contributed by atoms with E-state index < -0.39 is 11.8 Å². The fourth-order valence-corrected chi connectivity index (χ4v) is 3.15. The van der Waals surface area contributed by atoms with Gasteiger partial charge in [0.05, 0.1) is 6.54 Å². The third kappa shape index (κ3) is 4.74. The Morgan fingerprint density at radius 2 is 2.04 bits per heavy atom. The molecule has 2 amide bonds. The Bertz CT molecular complexity index is 500. The summed E-state index contributed by atoms with van der Waals surface area (Å²) in [6.45, 7) is 3.35. The minimum absolute atomic E-state index is 0.00525. The van der Waals surface area contributed by atoms with Crippen molar-refractivity contribution in [2.45, 2.75) is 57.8 Å². The van der Waals surface area contributed by atoms with Crippen LogP contribution in [0.2, 0.25) is 0 Å². The van der Waals surface area contributed by atoms with Crippen molar-refractivity contribution < 1.29 is 18.4 Å². The van der Waals surface area contributed by atoms with E-state index in [4.69, 9.17) is 0 Å². The lowest BCUT2D eigenvalue weighted by molar-refractivity contribution is -0.159. The van der Waals surface area contributed by atoms with Gasteiger partial charge in [-0.25, -0.2) is 8.78 Å². The Hall–Kier alpha value is -1.53. The second kappa shape index (κ2) is 8.03. The third-order valence-electron chi connectivity index (χ3n) is 4.75. The second-order valence-electron chi connectivity index (χ2n) is 6.74. The molecular weight excluding hydrogens is 316 g/mol. The van der Waals surface area contributed by atoms with Crippen LogP contribution in [-0.2, 0) is 9.59 Å². The van der Waals surface area contributed by atoms with E-state index in [0.717, 1.165) is 25.1 Å². The van der Waals surface area contributed by atoms with Crippen LogP contribution in [0.5, 0.6) is 0 Å². The molecule has 0 saturated heterocycles. The van der Waals surface area contributed by atoms with E-state index in [1.165, 1.54) is 0 Å². The Balaban J connectivity index is 2.00. The summed E-state index contributed by atoms with van der Waals surface area (Å²) in [5.41, 5.74) is 0. The molecule has 0 N–H and O–H groups in total. The van der Waals surface area contributed by atoms with E-state index in [1.807, 2.05) is 0 Å². The molecule has 1 aliphatic carbocycles. The number of hydrogen-bond donors (Lipinski definition) is 0. The van der Waals surface area contributed by atoms with Crippen LogP contribution in [0.4, 0.5) is 8.78 Å². The summed E-state index contributed by atoms with van der Waals surface area (Å²) in [5.74, 6) is -2.74. The number of nitrogens with zero attached hydrogens (tertiary/aromatic N) is 3. The van der Waals surface area contributed by atoms with Crippen molar-refractivity contribution in [1.29, 1.82) is 0 Å². The Labute approximate surface area is 142 Å². The number of carbonyl (C=O) groups excluding carboxylic acids is 2. The van der Waals surface area contributed by atoms with Crippen molar-refractivity contribution in [3.05, 3.63) is 0 Å². The molecule has 0 unspecified atom stereocenters. The summed E-state index contributed by atoms with van der Waals surface area (Å²) >= 11 is 0. The molecule has 1 fully saturated rings. The highest BCUT2D eigenvalue weighted by molar-refractivity contribution is 5.98. The summed E-state index contributed by atoms with van der Waals surface area (Å²) in [6, 6.07) is 0. The molecular formula is C17H27F2N3O2. The lowest BCUT2D eigenvalue weighted by Crippen LogP contribution is -2.48. The second-order valence-corrected chi connectivity index (χ2v) is 6.74. The van der Waals surface area contributed by atoms with Crippen molar-refractivity contribution in [2.75, 3.05) is 26.7 Å². The first-order valence-electron chi connectivity index (χ1n) is 8.80. The molecule has 0 atom stereocenters. The first-order chi connectivity index (χ1) is 11.3. The maximum absolute atomic E-state index is 13.0. The standard InChI is InChI=1S/C17H27F2N3O2/c1-3-4-6-14-20-8-10-22(9-5-7-15(23)21(14)2)16(24)13-11-17(18,19)12-13/h13H,3-12H2,1-2H3. The smallest absolute Gasteiger partial charge is 0.249 e. The summed E-state index contributed by atoms with van der Waals surface area (Å²) in [6.07, 6.45) is 2.90. The fourth-order valence-electron chi connectivity index (χ4n) is 3.15. The van der Waals surface area contributed by atoms with Crippen LogP contribution < -0.4 is 0 Å². The number of aliphatic imine (C=N–C) groups is 1. The predicted octanol–water partition coefficient (Wildman–Crippen LogP) is 2.70. The number of amidine groups is 1. The summed E-state index contributed by atoms with van der Waals surface area (Å²) < 4.78 is 26.0. The Morgan fingerprint density at radius 1 is 1.33 bits per heavy atom. The molecule has 0 bridgehead atoms. The molecule has 24 heavy (non-hydrogen) atoms. The van der Waals surface area contributed by atoms with Gasteiger partial charge in [-0.2, -0.15) is 0 Å². The lowest BCUT2D eigenvalue weighted by atomic mass is 9.80. The highest BCUT2D eigenvalue weighted by Gasteiger charge is 2.49. The van der Waals surface area contributed by atoms with Gasteiger partial charge in [0.2, 0.25) is 17.7 Å². The van der Waals surface area contributed by atoms with Crippen molar-refractivity contribution in [3.8, 4) is 0 Å². The molecule has 1 aliphatic heterocycles. The van der Waals surface area contributed by atoms with E-state index in [1.54, 1.807) is 16.8 Å². The minimum atomic E-state index is -2.69. The van der Waals surface area contributed by atoms with Crippen molar-refractivity contribution >= 4 is 17.6 Å². The lowest BCUT2D eigenvalue weighted by Gasteiger charge is -2.37. The zero-order valence-corrected chi connectivity index (χ0v) is 14.6. The maximum Gasteiger partial charge on any atom is 0.249 e. The molecule has 136 valence electrons. The largest absolute Gasteiger partial charge is 0.341 e. The SMILES string of the molecule is CCCCC1=NCCN(C(=O)C2CC(F)(F)C2)CCCC(=O)N1C. The molecule has 1 heterocycles. The van der Waals surface area contributed by atoms with Gasteiger partial charge in [-0.3, -0.25) is 14.6 Å². The van der Waals surface area contributed by atoms with Gasteiger partial charge in [-0.15, -0.1) is 0 Å². The Kier molecular flexibility index (Phi) is 6.29. The van der Waals surface area contributed by atoms with Gasteiger partial charge in [0.15, 0.2) is 0 Å². The zero-order valence-electron chi connectivity index (χ0n) is 14.6. The molecule has 2 rings (SSSR count). The molecule has 1 saturated carbocycles. The van der Waals surface area contributed by atoms with Crippen LogP contribution in [0.3, 0.4) is 0 Å². The number of halogens is 2. The zero-order chi connectivity index (χ0) is 17.7. The number of hydrogen-bond acceptors (Lipinski definition) is 3. The molecule has 2 aliphatic rings. The van der Waals surface area contributed by atoms with Crippen LogP contribution in [0.15, 0.2) is 4.99 Å². The van der Waals surface area contributed by atoms with Crippen LogP contribution in [0, 0.1) is 5.92 Å². The molecule has 7 heteroatoms. The summed E-state index contributed by atoms with van der Waals surface area (Å²) in [5, 5.41) is 0. The van der Waals surface area contributed by atoms with E-state index in [0.29, 0.717) is 32.5 Å². The van der Waals surface area contributed by atoms with E-state index in [9.17, 15) is 18.4 Å². The van der Waals surface area contributed by atoms with Gasteiger partial charge < -0.3 is 9.80 Å². The predicted molar refractivity (Wildman–Crippen MR) is 88.1 cm³/mol. The molecule has 0 spiro atoms. The van der Waals surface area contributed by atoms with Crippen LogP contribution in [0.1, 0.15) is 51.9 Å². The quantitative estimate of drug-likeness (QED) is 0.788. The average molecular weight is 343 g/mol. The van der Waals surface area contributed by atoms with Crippen molar-refractivity contribution in [3.63, 3.8) is 0 Å².